The van der Waals surface area contributed by atoms with Gasteiger partial charge in [-0.1, -0.05) is 187 Å². The Balaban J connectivity index is 2.26. The number of ether oxygens (including phenoxy) is 4. The van der Waals surface area contributed by atoms with E-state index in [1.807, 2.05) is 0 Å². The third-order valence-electron chi connectivity index (χ3n) is 10.5. The SMILES string of the molecule is CCCCCCCCCCCCCCCCCC(=O)OC(COCCCCCCCCCCCCCCCC)COC1OC(CO)C(O)C(O)C1O. The summed E-state index contributed by atoms with van der Waals surface area (Å²) in [6.45, 7) is 4.60. The van der Waals surface area contributed by atoms with Crippen LogP contribution in [0.1, 0.15) is 206 Å². The molecule has 1 fully saturated rings. The Morgan fingerprint density at radius 2 is 0.942 bits per heavy atom. The predicted octanol–water partition coefficient (Wildman–Crippen LogP) is 9.47. The lowest BCUT2D eigenvalue weighted by atomic mass is 9.99. The highest BCUT2D eigenvalue weighted by molar-refractivity contribution is 5.69. The van der Waals surface area contributed by atoms with Gasteiger partial charge in [0.25, 0.3) is 0 Å². The number of hydrogen-bond donors (Lipinski definition) is 4. The second-order valence-electron chi connectivity index (χ2n) is 15.5. The fourth-order valence-corrected chi connectivity index (χ4v) is 7.02. The zero-order chi connectivity index (χ0) is 37.9. The number of aliphatic hydroxyl groups excluding tert-OH is 4. The van der Waals surface area contributed by atoms with Gasteiger partial charge in [0.15, 0.2) is 6.29 Å². The number of esters is 1. The van der Waals surface area contributed by atoms with Crippen LogP contribution in [-0.4, -0.2) is 89.6 Å². The molecule has 9 heteroatoms. The van der Waals surface area contributed by atoms with E-state index in [2.05, 4.69) is 13.8 Å². The van der Waals surface area contributed by atoms with Crippen molar-refractivity contribution in [3.8, 4) is 0 Å². The van der Waals surface area contributed by atoms with E-state index in [-0.39, 0.29) is 19.2 Å². The summed E-state index contributed by atoms with van der Waals surface area (Å²) in [6, 6.07) is 0. The Bertz CT molecular complexity index is 767. The lowest BCUT2D eigenvalue weighted by molar-refractivity contribution is -0.305. The molecule has 0 saturated carbocycles. The summed E-state index contributed by atoms with van der Waals surface area (Å²) < 4.78 is 22.8. The molecule has 1 aliphatic heterocycles. The first-order valence-electron chi connectivity index (χ1n) is 22.1. The van der Waals surface area contributed by atoms with Crippen LogP contribution >= 0.6 is 0 Å². The third kappa shape index (κ3) is 26.9. The Kier molecular flexibility index (Phi) is 33.9. The zero-order valence-electron chi connectivity index (χ0n) is 33.8. The molecule has 0 aromatic carbocycles. The number of carbonyl (C=O) groups is 1. The number of carbonyl (C=O) groups excluding carboxylic acids is 1. The maximum Gasteiger partial charge on any atom is 0.306 e. The van der Waals surface area contributed by atoms with E-state index in [1.54, 1.807) is 0 Å². The second-order valence-corrected chi connectivity index (χ2v) is 15.5. The van der Waals surface area contributed by atoms with Gasteiger partial charge in [0.2, 0.25) is 0 Å². The molecule has 1 aliphatic rings. The van der Waals surface area contributed by atoms with Crippen LogP contribution in [0.15, 0.2) is 0 Å². The standard InChI is InChI=1S/C43H84O9/c1-3-5-7-9-11-13-15-17-19-20-22-24-26-28-30-32-39(45)51-37(36-50-43-42(48)41(47)40(46)38(34-44)52-43)35-49-33-31-29-27-25-23-21-18-16-14-12-10-8-6-4-2/h37-38,40-44,46-48H,3-36H2,1-2H3. The molecular weight excluding hydrogens is 660 g/mol. The normalized spacial score (nSPS) is 21.1. The number of aliphatic hydroxyl groups is 4. The van der Waals surface area contributed by atoms with Gasteiger partial charge in [-0.15, -0.1) is 0 Å². The molecule has 1 saturated heterocycles. The van der Waals surface area contributed by atoms with Crippen LogP contribution in [-0.2, 0) is 23.7 Å². The average molecular weight is 745 g/mol. The number of unbranched alkanes of at least 4 members (excludes halogenated alkanes) is 27. The van der Waals surface area contributed by atoms with Gasteiger partial charge in [0.05, 0.1) is 19.8 Å². The van der Waals surface area contributed by atoms with Gasteiger partial charge in [-0.25, -0.2) is 0 Å². The molecule has 310 valence electrons. The Morgan fingerprint density at radius 1 is 0.538 bits per heavy atom. The van der Waals surface area contributed by atoms with E-state index in [4.69, 9.17) is 18.9 Å². The molecule has 6 atom stereocenters. The molecule has 0 radical (unpaired) electrons. The summed E-state index contributed by atoms with van der Waals surface area (Å²) in [5.41, 5.74) is 0. The van der Waals surface area contributed by atoms with Crippen LogP contribution in [0.5, 0.6) is 0 Å². The highest BCUT2D eigenvalue weighted by Crippen LogP contribution is 2.23. The van der Waals surface area contributed by atoms with Gasteiger partial charge in [-0.2, -0.15) is 0 Å². The summed E-state index contributed by atoms with van der Waals surface area (Å²) in [4.78, 5) is 12.7. The van der Waals surface area contributed by atoms with Crippen molar-refractivity contribution in [1.29, 1.82) is 0 Å². The van der Waals surface area contributed by atoms with Gasteiger partial charge < -0.3 is 39.4 Å². The second kappa shape index (κ2) is 35.9. The Morgan fingerprint density at radius 3 is 1.37 bits per heavy atom. The molecule has 4 N–H and O–H groups in total. The summed E-state index contributed by atoms with van der Waals surface area (Å²) in [7, 11) is 0. The molecule has 0 aromatic rings. The maximum absolute atomic E-state index is 12.7. The molecule has 52 heavy (non-hydrogen) atoms. The Labute approximate surface area is 319 Å². The third-order valence-corrected chi connectivity index (χ3v) is 10.5. The van der Waals surface area contributed by atoms with Gasteiger partial charge in [-0.05, 0) is 12.8 Å². The topological polar surface area (TPSA) is 135 Å². The molecule has 0 spiro atoms. The molecule has 6 unspecified atom stereocenters. The quantitative estimate of drug-likeness (QED) is 0.0360. The van der Waals surface area contributed by atoms with Gasteiger partial charge in [0, 0.05) is 13.0 Å². The van der Waals surface area contributed by atoms with Crippen LogP contribution in [0.2, 0.25) is 0 Å². The van der Waals surface area contributed by atoms with Gasteiger partial charge in [-0.3, -0.25) is 4.79 Å². The fraction of sp³-hybridized carbons (Fsp3) is 0.977. The van der Waals surface area contributed by atoms with E-state index >= 15 is 0 Å². The van der Waals surface area contributed by atoms with Crippen LogP contribution in [0.3, 0.4) is 0 Å². The molecule has 0 bridgehead atoms. The largest absolute Gasteiger partial charge is 0.457 e. The summed E-state index contributed by atoms with van der Waals surface area (Å²) in [5.74, 6) is -0.308. The molecule has 1 rings (SSSR count). The van der Waals surface area contributed by atoms with E-state index in [9.17, 15) is 25.2 Å². The lowest BCUT2D eigenvalue weighted by Crippen LogP contribution is -2.59. The van der Waals surface area contributed by atoms with Crippen molar-refractivity contribution in [3.63, 3.8) is 0 Å². The molecule has 0 amide bonds. The first-order valence-corrected chi connectivity index (χ1v) is 22.1. The van der Waals surface area contributed by atoms with Crippen LogP contribution in [0, 0.1) is 0 Å². The van der Waals surface area contributed by atoms with E-state index in [1.165, 1.54) is 154 Å². The smallest absolute Gasteiger partial charge is 0.306 e. The van der Waals surface area contributed by atoms with Crippen molar-refractivity contribution >= 4 is 5.97 Å². The average Bonchev–Trinajstić information content (AvgIpc) is 3.14. The van der Waals surface area contributed by atoms with E-state index in [0.29, 0.717) is 13.0 Å². The fourth-order valence-electron chi connectivity index (χ4n) is 7.02. The van der Waals surface area contributed by atoms with Crippen molar-refractivity contribution in [2.24, 2.45) is 0 Å². The highest BCUT2D eigenvalue weighted by atomic mass is 16.7. The minimum absolute atomic E-state index is 0.105. The van der Waals surface area contributed by atoms with Crippen molar-refractivity contribution < 1.29 is 44.2 Å². The maximum atomic E-state index is 12.7. The van der Waals surface area contributed by atoms with E-state index in [0.717, 1.165) is 32.1 Å². The zero-order valence-corrected chi connectivity index (χ0v) is 33.8. The number of rotatable bonds is 38. The van der Waals surface area contributed by atoms with Crippen LogP contribution < -0.4 is 0 Å². The monoisotopic (exact) mass is 745 g/mol. The van der Waals surface area contributed by atoms with Gasteiger partial charge >= 0.3 is 5.97 Å². The molecule has 1 heterocycles. The minimum Gasteiger partial charge on any atom is -0.457 e. The van der Waals surface area contributed by atoms with Crippen molar-refractivity contribution in [3.05, 3.63) is 0 Å². The lowest BCUT2D eigenvalue weighted by Gasteiger charge is -2.39. The summed E-state index contributed by atoms with van der Waals surface area (Å²) in [6.07, 6.45) is 29.8. The Hall–Kier alpha value is -0.810. The molecular formula is C43H84O9. The van der Waals surface area contributed by atoms with Crippen molar-refractivity contribution in [1.82, 2.24) is 0 Å². The minimum atomic E-state index is -1.53. The molecule has 0 aromatic heterocycles. The van der Waals surface area contributed by atoms with Crippen LogP contribution in [0.4, 0.5) is 0 Å². The summed E-state index contributed by atoms with van der Waals surface area (Å²) >= 11 is 0. The first kappa shape index (κ1) is 49.2. The highest BCUT2D eigenvalue weighted by Gasteiger charge is 2.44. The predicted molar refractivity (Wildman–Crippen MR) is 210 cm³/mol. The number of hydrogen-bond acceptors (Lipinski definition) is 9. The molecule has 0 aliphatic carbocycles. The summed E-state index contributed by atoms with van der Waals surface area (Å²) in [5, 5.41) is 40.1. The van der Waals surface area contributed by atoms with E-state index < -0.39 is 43.4 Å². The van der Waals surface area contributed by atoms with Crippen molar-refractivity contribution in [2.45, 2.75) is 243 Å². The molecule has 9 nitrogen and oxygen atoms in total. The van der Waals surface area contributed by atoms with Gasteiger partial charge in [0.1, 0.15) is 30.5 Å². The first-order chi connectivity index (χ1) is 25.4. The van der Waals surface area contributed by atoms with Crippen molar-refractivity contribution in [2.75, 3.05) is 26.4 Å². The van der Waals surface area contributed by atoms with Crippen LogP contribution in [0.25, 0.3) is 0 Å².